The molecule has 1 aliphatic rings. The molecule has 1 heterocycles. The Balaban J connectivity index is 2.01. The van der Waals surface area contributed by atoms with Gasteiger partial charge in [-0.05, 0) is 45.2 Å². The zero-order valence-electron chi connectivity index (χ0n) is 14.7. The van der Waals surface area contributed by atoms with E-state index < -0.39 is 5.97 Å². The molecule has 0 aliphatic carbocycles. The van der Waals surface area contributed by atoms with Crippen molar-refractivity contribution in [3.8, 4) is 11.5 Å². The minimum absolute atomic E-state index is 0.157. The minimum atomic E-state index is -0.583. The van der Waals surface area contributed by atoms with Gasteiger partial charge < -0.3 is 19.1 Å². The summed E-state index contributed by atoms with van der Waals surface area (Å²) in [7, 11) is 3.00. The first kappa shape index (κ1) is 18.1. The van der Waals surface area contributed by atoms with Gasteiger partial charge in [0, 0.05) is 18.2 Å². The van der Waals surface area contributed by atoms with Crippen LogP contribution < -0.4 is 9.47 Å². The normalized spacial score (nSPS) is 20.4. The van der Waals surface area contributed by atoms with E-state index in [0.717, 1.165) is 19.3 Å². The number of rotatable bonds is 5. The third-order valence-electron chi connectivity index (χ3n) is 4.44. The van der Waals surface area contributed by atoms with Crippen molar-refractivity contribution in [2.75, 3.05) is 20.8 Å². The summed E-state index contributed by atoms with van der Waals surface area (Å²) in [5, 5.41) is 0. The Kier molecular flexibility index (Phi) is 6.06. The quantitative estimate of drug-likeness (QED) is 0.774. The van der Waals surface area contributed by atoms with E-state index in [1.54, 1.807) is 18.2 Å². The molecule has 1 aromatic carbocycles. The van der Waals surface area contributed by atoms with Gasteiger partial charge in [0.15, 0.2) is 6.61 Å². The predicted octanol–water partition coefficient (Wildman–Crippen LogP) is 2.65. The lowest BCUT2D eigenvalue weighted by Gasteiger charge is -2.38. The molecular weight excluding hydrogens is 310 g/mol. The first-order valence-corrected chi connectivity index (χ1v) is 8.18. The van der Waals surface area contributed by atoms with E-state index in [9.17, 15) is 9.59 Å². The summed E-state index contributed by atoms with van der Waals surface area (Å²) < 4.78 is 15.5. The maximum Gasteiger partial charge on any atom is 0.342 e. The van der Waals surface area contributed by atoms with E-state index in [2.05, 4.69) is 0 Å². The first-order valence-electron chi connectivity index (χ1n) is 8.18. The third-order valence-corrected chi connectivity index (χ3v) is 4.44. The van der Waals surface area contributed by atoms with Crippen LogP contribution in [0, 0.1) is 0 Å². The molecule has 1 aromatic rings. The van der Waals surface area contributed by atoms with Crippen molar-refractivity contribution in [1.82, 2.24) is 4.90 Å². The van der Waals surface area contributed by atoms with Crippen molar-refractivity contribution in [1.29, 1.82) is 0 Å². The van der Waals surface area contributed by atoms with Gasteiger partial charge in [0.05, 0.1) is 14.2 Å². The van der Waals surface area contributed by atoms with Crippen LogP contribution in [0.15, 0.2) is 18.2 Å². The number of carbonyl (C=O) groups excluding carboxylic acids is 2. The fourth-order valence-corrected chi connectivity index (χ4v) is 3.16. The van der Waals surface area contributed by atoms with Crippen molar-refractivity contribution in [3.05, 3.63) is 23.8 Å². The van der Waals surface area contributed by atoms with Crippen molar-refractivity contribution < 1.29 is 23.8 Å². The summed E-state index contributed by atoms with van der Waals surface area (Å²) >= 11 is 0. The average Bonchev–Trinajstić information content (AvgIpc) is 2.58. The van der Waals surface area contributed by atoms with Crippen molar-refractivity contribution in [2.45, 2.75) is 45.2 Å². The van der Waals surface area contributed by atoms with E-state index >= 15 is 0 Å². The summed E-state index contributed by atoms with van der Waals surface area (Å²) in [6.45, 7) is 3.80. The molecule has 0 N–H and O–H groups in total. The lowest BCUT2D eigenvalue weighted by molar-refractivity contribution is -0.140. The molecule has 2 rings (SSSR count). The molecule has 2 unspecified atom stereocenters. The molecule has 1 saturated heterocycles. The van der Waals surface area contributed by atoms with Gasteiger partial charge in [-0.2, -0.15) is 0 Å². The smallest absolute Gasteiger partial charge is 0.342 e. The Hall–Kier alpha value is -2.24. The number of hydrogen-bond acceptors (Lipinski definition) is 5. The van der Waals surface area contributed by atoms with Gasteiger partial charge in [-0.15, -0.1) is 0 Å². The molecule has 6 nitrogen and oxygen atoms in total. The van der Waals surface area contributed by atoms with Gasteiger partial charge in [0.1, 0.15) is 17.1 Å². The van der Waals surface area contributed by atoms with E-state index in [1.165, 1.54) is 14.2 Å². The van der Waals surface area contributed by atoms with Crippen LogP contribution in [0.3, 0.4) is 0 Å². The van der Waals surface area contributed by atoms with Crippen LogP contribution in [0.4, 0.5) is 0 Å². The Morgan fingerprint density at radius 1 is 1.12 bits per heavy atom. The summed E-state index contributed by atoms with van der Waals surface area (Å²) in [6.07, 6.45) is 3.08. The third kappa shape index (κ3) is 3.99. The fraction of sp³-hybridized carbons (Fsp3) is 0.556. The molecule has 6 heteroatoms. The van der Waals surface area contributed by atoms with Crippen LogP contribution >= 0.6 is 0 Å². The molecule has 1 amide bonds. The van der Waals surface area contributed by atoms with Crippen LogP contribution in [0.1, 0.15) is 43.5 Å². The monoisotopic (exact) mass is 335 g/mol. The molecular formula is C18H25NO5. The number of piperidine rings is 1. The van der Waals surface area contributed by atoms with Gasteiger partial charge in [0.2, 0.25) is 0 Å². The standard InChI is InChI=1S/C18H25NO5/c1-12-6-5-7-13(2)19(12)17(20)11-24-18(21)15-9-8-14(22-3)10-16(15)23-4/h8-10,12-13H,5-7,11H2,1-4H3. The number of amides is 1. The molecule has 1 fully saturated rings. The Morgan fingerprint density at radius 3 is 2.38 bits per heavy atom. The van der Waals surface area contributed by atoms with Gasteiger partial charge >= 0.3 is 5.97 Å². The average molecular weight is 335 g/mol. The molecule has 0 radical (unpaired) electrons. The number of likely N-dealkylation sites (tertiary alicyclic amines) is 1. The number of benzene rings is 1. The highest BCUT2D eigenvalue weighted by Crippen LogP contribution is 2.26. The first-order chi connectivity index (χ1) is 11.5. The molecule has 0 spiro atoms. The highest BCUT2D eigenvalue weighted by Gasteiger charge is 2.29. The number of nitrogens with zero attached hydrogens (tertiary/aromatic N) is 1. The number of ether oxygens (including phenoxy) is 3. The van der Waals surface area contributed by atoms with Crippen LogP contribution in [0.2, 0.25) is 0 Å². The summed E-state index contributed by atoms with van der Waals surface area (Å²) in [5.74, 6) is 0.192. The predicted molar refractivity (Wildman–Crippen MR) is 89.4 cm³/mol. The van der Waals surface area contributed by atoms with Crippen LogP contribution in [0.25, 0.3) is 0 Å². The van der Waals surface area contributed by atoms with E-state index in [0.29, 0.717) is 11.5 Å². The molecule has 24 heavy (non-hydrogen) atoms. The number of carbonyl (C=O) groups is 2. The van der Waals surface area contributed by atoms with E-state index in [-0.39, 0.29) is 30.2 Å². The van der Waals surface area contributed by atoms with Crippen molar-refractivity contribution in [2.24, 2.45) is 0 Å². The fourth-order valence-electron chi connectivity index (χ4n) is 3.16. The number of methoxy groups -OCH3 is 2. The largest absolute Gasteiger partial charge is 0.497 e. The van der Waals surface area contributed by atoms with Gasteiger partial charge in [-0.1, -0.05) is 0 Å². The summed E-state index contributed by atoms with van der Waals surface area (Å²) in [6, 6.07) is 5.17. The van der Waals surface area contributed by atoms with Gasteiger partial charge in [-0.3, -0.25) is 4.79 Å². The maximum atomic E-state index is 12.4. The lowest BCUT2D eigenvalue weighted by atomic mass is 9.97. The molecule has 0 bridgehead atoms. The lowest BCUT2D eigenvalue weighted by Crippen LogP contribution is -2.49. The SMILES string of the molecule is COc1ccc(C(=O)OCC(=O)N2C(C)CCCC2C)c(OC)c1. The van der Waals surface area contributed by atoms with E-state index in [1.807, 2.05) is 18.7 Å². The van der Waals surface area contributed by atoms with Crippen LogP contribution in [0.5, 0.6) is 11.5 Å². The number of hydrogen-bond donors (Lipinski definition) is 0. The Morgan fingerprint density at radius 2 is 1.79 bits per heavy atom. The van der Waals surface area contributed by atoms with Crippen molar-refractivity contribution >= 4 is 11.9 Å². The molecule has 1 aliphatic heterocycles. The van der Waals surface area contributed by atoms with E-state index in [4.69, 9.17) is 14.2 Å². The highest BCUT2D eigenvalue weighted by molar-refractivity contribution is 5.94. The summed E-state index contributed by atoms with van der Waals surface area (Å²) in [4.78, 5) is 26.5. The molecule has 0 aromatic heterocycles. The Labute approximate surface area is 142 Å². The second kappa shape index (κ2) is 8.04. The molecule has 132 valence electrons. The zero-order valence-corrected chi connectivity index (χ0v) is 14.7. The highest BCUT2D eigenvalue weighted by atomic mass is 16.5. The summed E-state index contributed by atoms with van der Waals surface area (Å²) in [5.41, 5.74) is 0.269. The number of esters is 1. The Bertz CT molecular complexity index is 591. The van der Waals surface area contributed by atoms with Crippen molar-refractivity contribution in [3.63, 3.8) is 0 Å². The second-order valence-corrected chi connectivity index (χ2v) is 6.07. The zero-order chi connectivity index (χ0) is 17.7. The van der Waals surface area contributed by atoms with Crippen LogP contribution in [-0.2, 0) is 9.53 Å². The maximum absolute atomic E-state index is 12.4. The second-order valence-electron chi connectivity index (χ2n) is 6.07. The van der Waals surface area contributed by atoms with Crippen LogP contribution in [-0.4, -0.2) is 49.7 Å². The molecule has 2 atom stereocenters. The van der Waals surface area contributed by atoms with Gasteiger partial charge in [0.25, 0.3) is 5.91 Å². The van der Waals surface area contributed by atoms with Gasteiger partial charge in [-0.25, -0.2) is 4.79 Å². The minimum Gasteiger partial charge on any atom is -0.497 e. The topological polar surface area (TPSA) is 65.1 Å². The molecule has 0 saturated carbocycles.